The van der Waals surface area contributed by atoms with E-state index in [1.807, 2.05) is 0 Å². The number of hydrogen-bond acceptors (Lipinski definition) is 3. The van der Waals surface area contributed by atoms with Crippen molar-refractivity contribution in [3.63, 3.8) is 0 Å². The minimum atomic E-state index is -2.52. The van der Waals surface area contributed by atoms with Gasteiger partial charge in [-0.05, 0) is 18.3 Å². The summed E-state index contributed by atoms with van der Waals surface area (Å²) in [5.41, 5.74) is -0.338. The molecule has 3 N–H and O–H groups in total. The van der Waals surface area contributed by atoms with Crippen molar-refractivity contribution in [1.29, 1.82) is 0 Å². The third-order valence-corrected chi connectivity index (χ3v) is 3.34. The highest BCUT2D eigenvalue weighted by atomic mass is 19.3. The molecule has 0 radical (unpaired) electrons. The van der Waals surface area contributed by atoms with Gasteiger partial charge < -0.3 is 20.5 Å². The molecule has 0 aromatic heterocycles. The molecule has 2 amide bonds. The number of ether oxygens (including phenoxy) is 1. The Bertz CT molecular complexity index is 335. The molecule has 0 heterocycles. The standard InChI is InChI=1S/C12H20F2N2O4/c13-9(14)7-20-5-4-15-11(19)16-8-12(2-1-3-12)6-10(17)18/h9H,1-8H2,(H,17,18)(H2,15,16,19). The van der Waals surface area contributed by atoms with Crippen LogP contribution in [0.15, 0.2) is 0 Å². The van der Waals surface area contributed by atoms with Gasteiger partial charge in [-0.1, -0.05) is 6.42 Å². The second kappa shape index (κ2) is 7.98. The zero-order valence-corrected chi connectivity index (χ0v) is 11.2. The van der Waals surface area contributed by atoms with Crippen LogP contribution in [0.3, 0.4) is 0 Å². The lowest BCUT2D eigenvalue weighted by Crippen LogP contribution is -2.47. The number of carboxylic acids is 1. The summed E-state index contributed by atoms with van der Waals surface area (Å²) in [6.07, 6.45) is 0.0788. The lowest BCUT2D eigenvalue weighted by atomic mass is 9.66. The first-order valence-electron chi connectivity index (χ1n) is 6.53. The van der Waals surface area contributed by atoms with Crippen molar-refractivity contribution in [3.8, 4) is 0 Å². The highest BCUT2D eigenvalue weighted by molar-refractivity contribution is 5.74. The number of aliphatic carboxylic acids is 1. The quantitative estimate of drug-likeness (QED) is 0.558. The lowest BCUT2D eigenvalue weighted by molar-refractivity contribution is -0.141. The average molecular weight is 294 g/mol. The first-order chi connectivity index (χ1) is 9.43. The molecule has 1 saturated carbocycles. The van der Waals surface area contributed by atoms with Crippen LogP contribution < -0.4 is 10.6 Å². The van der Waals surface area contributed by atoms with E-state index in [0.717, 1.165) is 19.3 Å². The highest BCUT2D eigenvalue weighted by Gasteiger charge is 2.39. The monoisotopic (exact) mass is 294 g/mol. The number of alkyl halides is 2. The summed E-state index contributed by atoms with van der Waals surface area (Å²) in [7, 11) is 0. The van der Waals surface area contributed by atoms with Gasteiger partial charge in [-0.2, -0.15) is 0 Å². The molecule has 0 bridgehead atoms. The predicted octanol–water partition coefficient (Wildman–Crippen LogP) is 1.21. The van der Waals surface area contributed by atoms with Crippen LogP contribution in [0.4, 0.5) is 13.6 Å². The molecule has 0 aromatic carbocycles. The number of hydrogen-bond donors (Lipinski definition) is 3. The van der Waals surface area contributed by atoms with Crippen LogP contribution in [-0.2, 0) is 9.53 Å². The third kappa shape index (κ3) is 6.14. The summed E-state index contributed by atoms with van der Waals surface area (Å²) in [4.78, 5) is 22.2. The molecule has 0 spiro atoms. The maximum atomic E-state index is 11.7. The topological polar surface area (TPSA) is 87.7 Å². The number of halogens is 2. The fourth-order valence-electron chi connectivity index (χ4n) is 2.15. The number of urea groups is 1. The van der Waals surface area contributed by atoms with E-state index in [1.54, 1.807) is 0 Å². The predicted molar refractivity (Wildman–Crippen MR) is 66.8 cm³/mol. The zero-order chi connectivity index (χ0) is 15.0. The second-order valence-electron chi connectivity index (χ2n) is 5.00. The molecule has 0 atom stereocenters. The SMILES string of the molecule is O=C(O)CC1(CNC(=O)NCCOCC(F)F)CCC1. The van der Waals surface area contributed by atoms with Crippen molar-refractivity contribution >= 4 is 12.0 Å². The van der Waals surface area contributed by atoms with E-state index in [4.69, 9.17) is 5.11 Å². The van der Waals surface area contributed by atoms with Crippen molar-refractivity contribution in [1.82, 2.24) is 10.6 Å². The summed E-state index contributed by atoms with van der Waals surface area (Å²) in [5.74, 6) is -0.868. The molecule has 20 heavy (non-hydrogen) atoms. The minimum Gasteiger partial charge on any atom is -0.481 e. The van der Waals surface area contributed by atoms with Gasteiger partial charge >= 0.3 is 12.0 Å². The van der Waals surface area contributed by atoms with Crippen LogP contribution >= 0.6 is 0 Å². The van der Waals surface area contributed by atoms with Crippen LogP contribution in [0.2, 0.25) is 0 Å². The molecule has 0 aromatic rings. The van der Waals surface area contributed by atoms with Gasteiger partial charge in [-0.15, -0.1) is 0 Å². The van der Waals surface area contributed by atoms with E-state index < -0.39 is 25.0 Å². The zero-order valence-electron chi connectivity index (χ0n) is 11.2. The summed E-state index contributed by atoms with van der Waals surface area (Å²) >= 11 is 0. The van der Waals surface area contributed by atoms with Gasteiger partial charge in [0.15, 0.2) is 0 Å². The number of carboxylic acid groups (broad SMARTS) is 1. The lowest BCUT2D eigenvalue weighted by Gasteiger charge is -2.40. The van der Waals surface area contributed by atoms with Crippen molar-refractivity contribution in [2.75, 3.05) is 26.3 Å². The Morgan fingerprint density at radius 3 is 2.50 bits per heavy atom. The first kappa shape index (κ1) is 16.6. The molecule has 1 aliphatic carbocycles. The van der Waals surface area contributed by atoms with Gasteiger partial charge in [0.2, 0.25) is 0 Å². The van der Waals surface area contributed by atoms with Crippen LogP contribution in [0.5, 0.6) is 0 Å². The van der Waals surface area contributed by atoms with Crippen LogP contribution in [0, 0.1) is 5.41 Å². The first-order valence-corrected chi connectivity index (χ1v) is 6.53. The molecule has 0 unspecified atom stereocenters. The largest absolute Gasteiger partial charge is 0.481 e. The Morgan fingerprint density at radius 1 is 1.30 bits per heavy atom. The normalized spacial score (nSPS) is 16.6. The second-order valence-corrected chi connectivity index (χ2v) is 5.00. The van der Waals surface area contributed by atoms with Gasteiger partial charge in [0, 0.05) is 13.1 Å². The number of rotatable bonds is 9. The van der Waals surface area contributed by atoms with Gasteiger partial charge in [-0.25, -0.2) is 13.6 Å². The van der Waals surface area contributed by atoms with Crippen LogP contribution in [0.1, 0.15) is 25.7 Å². The molecule has 0 saturated heterocycles. The van der Waals surface area contributed by atoms with E-state index in [1.165, 1.54) is 0 Å². The van der Waals surface area contributed by atoms with Gasteiger partial charge in [0.25, 0.3) is 6.43 Å². The van der Waals surface area contributed by atoms with E-state index in [2.05, 4.69) is 15.4 Å². The summed E-state index contributed by atoms with van der Waals surface area (Å²) in [6.45, 7) is -0.198. The number of nitrogens with one attached hydrogen (secondary N) is 2. The fourth-order valence-corrected chi connectivity index (χ4v) is 2.15. The molecule has 8 heteroatoms. The number of carbonyl (C=O) groups is 2. The molecule has 0 aliphatic heterocycles. The summed E-state index contributed by atoms with van der Waals surface area (Å²) in [5, 5.41) is 13.9. The Hall–Kier alpha value is -1.44. The van der Waals surface area contributed by atoms with E-state index in [9.17, 15) is 18.4 Å². The van der Waals surface area contributed by atoms with Crippen LogP contribution in [-0.4, -0.2) is 49.8 Å². The van der Waals surface area contributed by atoms with Crippen molar-refractivity contribution in [2.24, 2.45) is 5.41 Å². The molecule has 116 valence electrons. The Balaban J connectivity index is 2.11. The molecule has 6 nitrogen and oxygen atoms in total. The average Bonchev–Trinajstić information content (AvgIpc) is 2.31. The van der Waals surface area contributed by atoms with Crippen molar-refractivity contribution in [2.45, 2.75) is 32.1 Å². The Labute approximate surface area is 115 Å². The van der Waals surface area contributed by atoms with Crippen LogP contribution in [0.25, 0.3) is 0 Å². The minimum absolute atomic E-state index is 0.0119. The van der Waals surface area contributed by atoms with E-state index >= 15 is 0 Å². The van der Waals surface area contributed by atoms with Gasteiger partial charge in [0.05, 0.1) is 13.0 Å². The highest BCUT2D eigenvalue weighted by Crippen LogP contribution is 2.43. The van der Waals surface area contributed by atoms with Crippen molar-refractivity contribution in [3.05, 3.63) is 0 Å². The number of amides is 2. The molecule has 1 rings (SSSR count). The maximum Gasteiger partial charge on any atom is 0.314 e. The smallest absolute Gasteiger partial charge is 0.314 e. The van der Waals surface area contributed by atoms with E-state index in [0.29, 0.717) is 6.54 Å². The molecular weight excluding hydrogens is 274 g/mol. The van der Waals surface area contributed by atoms with Crippen molar-refractivity contribution < 1.29 is 28.2 Å². The van der Waals surface area contributed by atoms with Gasteiger partial charge in [0.1, 0.15) is 6.61 Å². The summed E-state index contributed by atoms with van der Waals surface area (Å²) in [6, 6.07) is -0.442. The Morgan fingerprint density at radius 2 is 2.00 bits per heavy atom. The molecular formula is C12H20F2N2O4. The van der Waals surface area contributed by atoms with Gasteiger partial charge in [-0.3, -0.25) is 4.79 Å². The number of carbonyl (C=O) groups excluding carboxylic acids is 1. The Kier molecular flexibility index (Phi) is 6.63. The summed E-state index contributed by atoms with van der Waals surface area (Å²) < 4.78 is 28.1. The third-order valence-electron chi connectivity index (χ3n) is 3.34. The van der Waals surface area contributed by atoms with E-state index in [-0.39, 0.29) is 25.0 Å². The molecule has 1 aliphatic rings. The maximum absolute atomic E-state index is 11.7. The molecule has 1 fully saturated rings. The fraction of sp³-hybridized carbons (Fsp3) is 0.833.